The summed E-state index contributed by atoms with van der Waals surface area (Å²) >= 11 is 12.1. The van der Waals surface area contributed by atoms with Gasteiger partial charge in [0.1, 0.15) is 0 Å². The molecule has 0 aliphatic carbocycles. The first kappa shape index (κ1) is 18.2. The zero-order valence-electron chi connectivity index (χ0n) is 13.4. The molecule has 0 spiro atoms. The van der Waals surface area contributed by atoms with Gasteiger partial charge in [0.2, 0.25) is 0 Å². The fraction of sp³-hybridized carbons (Fsp3) is 0.235. The molecular formula is C17H19Cl2N3O2. The van der Waals surface area contributed by atoms with Crippen molar-refractivity contribution < 1.29 is 9.84 Å². The van der Waals surface area contributed by atoms with Crippen molar-refractivity contribution in [3.63, 3.8) is 0 Å². The number of guanidine groups is 1. The number of rotatable bonds is 5. The van der Waals surface area contributed by atoms with Crippen molar-refractivity contribution >= 4 is 29.2 Å². The summed E-state index contributed by atoms with van der Waals surface area (Å²) in [6.45, 7) is 2.26. The number of phenolic OH excluding ortho intramolecular Hbond substituents is 1. The number of halogens is 2. The van der Waals surface area contributed by atoms with Gasteiger partial charge in [-0.15, -0.1) is 0 Å². The van der Waals surface area contributed by atoms with E-state index in [1.54, 1.807) is 24.3 Å². The largest absolute Gasteiger partial charge is 0.504 e. The lowest BCUT2D eigenvalue weighted by molar-refractivity contribution is 0.373. The standard InChI is InChI=1S/C17H19Cl2N3O2/c1-10(13-5-4-12(18)8-14(13)19)22-17(20)21-9-11-3-6-16(24-2)15(23)7-11/h3-8,10,23H,9H2,1-2H3,(H3,20,21,22). The Balaban J connectivity index is 2.02. The van der Waals surface area contributed by atoms with Gasteiger partial charge in [0.15, 0.2) is 17.5 Å². The number of hydrogen-bond donors (Lipinski definition) is 3. The molecule has 0 aromatic heterocycles. The molecule has 0 saturated heterocycles. The molecule has 0 heterocycles. The molecule has 5 nitrogen and oxygen atoms in total. The van der Waals surface area contributed by atoms with Gasteiger partial charge in [-0.2, -0.15) is 0 Å². The summed E-state index contributed by atoms with van der Waals surface area (Å²) in [5, 5.41) is 14.0. The van der Waals surface area contributed by atoms with Gasteiger partial charge in [0.05, 0.1) is 19.7 Å². The minimum Gasteiger partial charge on any atom is -0.504 e. The van der Waals surface area contributed by atoms with Crippen LogP contribution < -0.4 is 15.8 Å². The Hall–Kier alpha value is -2.11. The zero-order valence-corrected chi connectivity index (χ0v) is 14.9. The van der Waals surface area contributed by atoms with E-state index >= 15 is 0 Å². The van der Waals surface area contributed by atoms with E-state index in [9.17, 15) is 5.11 Å². The second-order valence-electron chi connectivity index (χ2n) is 5.24. The number of benzene rings is 2. The first-order chi connectivity index (χ1) is 11.4. The molecule has 0 fully saturated rings. The third kappa shape index (κ3) is 4.69. The smallest absolute Gasteiger partial charge is 0.189 e. The number of nitrogens with two attached hydrogens (primary N) is 1. The lowest BCUT2D eigenvalue weighted by Gasteiger charge is -2.16. The van der Waals surface area contributed by atoms with E-state index in [0.29, 0.717) is 22.3 Å². The highest BCUT2D eigenvalue weighted by Crippen LogP contribution is 2.27. The van der Waals surface area contributed by atoms with Crippen molar-refractivity contribution in [3.8, 4) is 11.5 Å². The Morgan fingerprint density at radius 2 is 2.04 bits per heavy atom. The molecule has 24 heavy (non-hydrogen) atoms. The van der Waals surface area contributed by atoms with Gasteiger partial charge in [0, 0.05) is 10.0 Å². The number of ether oxygens (including phenoxy) is 1. The molecule has 2 aromatic rings. The van der Waals surface area contributed by atoms with Crippen LogP contribution in [0.3, 0.4) is 0 Å². The second-order valence-corrected chi connectivity index (χ2v) is 6.08. The van der Waals surface area contributed by atoms with Gasteiger partial charge in [-0.3, -0.25) is 0 Å². The molecule has 0 aliphatic rings. The van der Waals surface area contributed by atoms with E-state index in [2.05, 4.69) is 10.3 Å². The number of aromatic hydroxyl groups is 1. The molecule has 7 heteroatoms. The Labute approximate surface area is 151 Å². The van der Waals surface area contributed by atoms with E-state index in [1.165, 1.54) is 7.11 Å². The normalized spacial score (nSPS) is 12.8. The summed E-state index contributed by atoms with van der Waals surface area (Å²) in [5.41, 5.74) is 7.61. The highest BCUT2D eigenvalue weighted by molar-refractivity contribution is 6.35. The van der Waals surface area contributed by atoms with E-state index < -0.39 is 0 Å². The Bertz CT molecular complexity index is 751. The van der Waals surface area contributed by atoms with Gasteiger partial charge in [0.25, 0.3) is 0 Å². The zero-order chi connectivity index (χ0) is 17.7. The summed E-state index contributed by atoms with van der Waals surface area (Å²) in [7, 11) is 1.50. The lowest BCUT2D eigenvalue weighted by Crippen LogP contribution is -2.34. The fourth-order valence-electron chi connectivity index (χ4n) is 2.21. The number of aliphatic imine (C=N–C) groups is 1. The van der Waals surface area contributed by atoms with E-state index in [1.807, 2.05) is 19.1 Å². The molecule has 0 bridgehead atoms. The van der Waals surface area contributed by atoms with Crippen molar-refractivity contribution in [2.24, 2.45) is 10.7 Å². The molecule has 2 rings (SSSR count). The maximum absolute atomic E-state index is 9.76. The number of nitrogens with one attached hydrogen (secondary N) is 1. The van der Waals surface area contributed by atoms with Crippen LogP contribution in [0.4, 0.5) is 0 Å². The van der Waals surface area contributed by atoms with E-state index in [0.717, 1.165) is 11.1 Å². The van der Waals surface area contributed by atoms with Crippen LogP contribution in [0.2, 0.25) is 10.0 Å². The molecule has 2 aromatic carbocycles. The summed E-state index contributed by atoms with van der Waals surface area (Å²) in [6, 6.07) is 10.3. The van der Waals surface area contributed by atoms with Crippen molar-refractivity contribution in [1.29, 1.82) is 0 Å². The van der Waals surface area contributed by atoms with Crippen LogP contribution in [-0.4, -0.2) is 18.2 Å². The van der Waals surface area contributed by atoms with Gasteiger partial charge >= 0.3 is 0 Å². The van der Waals surface area contributed by atoms with Crippen LogP contribution in [0.15, 0.2) is 41.4 Å². The topological polar surface area (TPSA) is 79.9 Å². The first-order valence-corrected chi connectivity index (χ1v) is 8.03. The Kier molecular flexibility index (Phi) is 6.17. The number of phenols is 1. The van der Waals surface area contributed by atoms with Gasteiger partial charge in [-0.25, -0.2) is 4.99 Å². The van der Waals surface area contributed by atoms with Gasteiger partial charge in [-0.05, 0) is 42.3 Å². The lowest BCUT2D eigenvalue weighted by atomic mass is 10.1. The van der Waals surface area contributed by atoms with Crippen molar-refractivity contribution in [2.75, 3.05) is 7.11 Å². The Morgan fingerprint density at radius 3 is 2.67 bits per heavy atom. The molecule has 0 aliphatic heterocycles. The van der Waals surface area contributed by atoms with Crippen molar-refractivity contribution in [1.82, 2.24) is 5.32 Å². The number of hydrogen-bond acceptors (Lipinski definition) is 3. The van der Waals surface area contributed by atoms with Crippen LogP contribution in [0.1, 0.15) is 24.1 Å². The maximum Gasteiger partial charge on any atom is 0.189 e. The molecule has 1 atom stereocenters. The van der Waals surface area contributed by atoms with Crippen LogP contribution >= 0.6 is 23.2 Å². The highest BCUT2D eigenvalue weighted by atomic mass is 35.5. The minimum absolute atomic E-state index is 0.0676. The fourth-order valence-corrected chi connectivity index (χ4v) is 2.78. The van der Waals surface area contributed by atoms with E-state index in [4.69, 9.17) is 33.7 Å². The average molecular weight is 368 g/mol. The van der Waals surface area contributed by atoms with Crippen LogP contribution in [0.25, 0.3) is 0 Å². The molecule has 1 unspecified atom stereocenters. The first-order valence-electron chi connectivity index (χ1n) is 7.28. The SMILES string of the molecule is COc1ccc(CN=C(N)NC(C)c2ccc(Cl)cc2Cl)cc1O. The molecule has 128 valence electrons. The van der Waals surface area contributed by atoms with Crippen molar-refractivity contribution in [3.05, 3.63) is 57.6 Å². The van der Waals surface area contributed by atoms with Crippen LogP contribution in [0, 0.1) is 0 Å². The second kappa shape index (κ2) is 8.13. The number of nitrogens with zero attached hydrogens (tertiary/aromatic N) is 1. The van der Waals surface area contributed by atoms with Crippen molar-refractivity contribution in [2.45, 2.75) is 19.5 Å². The maximum atomic E-state index is 9.76. The summed E-state index contributed by atoms with van der Waals surface area (Å²) in [6.07, 6.45) is 0. The van der Waals surface area contributed by atoms with Crippen LogP contribution in [0.5, 0.6) is 11.5 Å². The van der Waals surface area contributed by atoms with Crippen LogP contribution in [-0.2, 0) is 6.54 Å². The highest BCUT2D eigenvalue weighted by Gasteiger charge is 2.10. The predicted octanol–water partition coefficient (Wildman–Crippen LogP) is 3.87. The third-order valence-electron chi connectivity index (χ3n) is 3.47. The summed E-state index contributed by atoms with van der Waals surface area (Å²) in [5.74, 6) is 0.765. The van der Waals surface area contributed by atoms with E-state index in [-0.39, 0.29) is 17.8 Å². The molecular weight excluding hydrogens is 349 g/mol. The predicted molar refractivity (Wildman–Crippen MR) is 98.0 cm³/mol. The number of methoxy groups -OCH3 is 1. The summed E-state index contributed by atoms with van der Waals surface area (Å²) < 4.78 is 5.00. The van der Waals surface area contributed by atoms with Gasteiger partial charge < -0.3 is 20.9 Å². The minimum atomic E-state index is -0.122. The quantitative estimate of drug-likeness (QED) is 0.553. The molecule has 0 saturated carbocycles. The monoisotopic (exact) mass is 367 g/mol. The summed E-state index contributed by atoms with van der Waals surface area (Å²) in [4.78, 5) is 4.27. The Morgan fingerprint density at radius 1 is 1.29 bits per heavy atom. The molecule has 0 radical (unpaired) electrons. The third-order valence-corrected chi connectivity index (χ3v) is 4.03. The molecule has 0 amide bonds. The average Bonchev–Trinajstić information content (AvgIpc) is 2.52. The van der Waals surface area contributed by atoms with Gasteiger partial charge in [-0.1, -0.05) is 35.3 Å². The molecule has 4 N–H and O–H groups in total.